The second-order valence-corrected chi connectivity index (χ2v) is 4.64. The first-order valence-electron chi connectivity index (χ1n) is 6.26. The van der Waals surface area contributed by atoms with Gasteiger partial charge in [-0.3, -0.25) is 4.79 Å². The maximum atomic E-state index is 12.0. The molecular weight excluding hydrogens is 256 g/mol. The van der Waals surface area contributed by atoms with Crippen LogP contribution in [0.2, 0.25) is 0 Å². The average Bonchev–Trinajstić information content (AvgIpc) is 2.47. The second-order valence-electron chi connectivity index (χ2n) is 4.64. The average molecular weight is 268 g/mol. The first kappa shape index (κ1) is 12.4. The van der Waals surface area contributed by atoms with Crippen LogP contribution in [-0.4, -0.2) is 17.0 Å². The van der Waals surface area contributed by atoms with Crippen molar-refractivity contribution in [1.82, 2.24) is 0 Å². The quantitative estimate of drug-likeness (QED) is 0.851. The zero-order chi connectivity index (χ0) is 14.1. The lowest BCUT2D eigenvalue weighted by molar-refractivity contribution is -0.142. The van der Waals surface area contributed by atoms with Crippen LogP contribution in [0.4, 0.5) is 0 Å². The van der Waals surface area contributed by atoms with Gasteiger partial charge in [-0.1, -0.05) is 48.5 Å². The summed E-state index contributed by atoms with van der Waals surface area (Å²) in [7, 11) is 0. The van der Waals surface area contributed by atoms with Gasteiger partial charge in [-0.05, 0) is 17.2 Å². The summed E-state index contributed by atoms with van der Waals surface area (Å²) in [5.41, 5.74) is 1.51. The van der Waals surface area contributed by atoms with Crippen LogP contribution in [0.1, 0.15) is 33.5 Å². The Balaban J connectivity index is 2.14. The van der Waals surface area contributed by atoms with E-state index >= 15 is 0 Å². The van der Waals surface area contributed by atoms with Gasteiger partial charge in [0, 0.05) is 0 Å². The van der Waals surface area contributed by atoms with Crippen molar-refractivity contribution in [2.75, 3.05) is 0 Å². The lowest BCUT2D eigenvalue weighted by Crippen LogP contribution is -2.31. The molecule has 0 radical (unpaired) electrons. The molecule has 100 valence electrons. The van der Waals surface area contributed by atoms with Gasteiger partial charge in [0.15, 0.2) is 0 Å². The topological polar surface area (TPSA) is 63.6 Å². The summed E-state index contributed by atoms with van der Waals surface area (Å²) in [6.07, 6.45) is -0.795. The number of fused-ring (bicyclic) bond motifs is 1. The third-order valence-corrected chi connectivity index (χ3v) is 3.45. The standard InChI is InChI=1S/C16H12O4/c17-15(18)13-11-8-4-5-9-12(11)16(19)20-14(13)10-6-2-1-3-7-10/h1-9,13-14H,(H,17,18)/t13-,14+/m0/s1. The van der Waals surface area contributed by atoms with Crippen molar-refractivity contribution in [3.8, 4) is 0 Å². The first-order valence-corrected chi connectivity index (χ1v) is 6.26. The molecule has 3 rings (SSSR count). The number of carbonyl (C=O) groups excluding carboxylic acids is 1. The minimum absolute atomic E-state index is 0.326. The predicted molar refractivity (Wildman–Crippen MR) is 71.4 cm³/mol. The molecule has 1 aliphatic heterocycles. The van der Waals surface area contributed by atoms with Crippen LogP contribution in [0.5, 0.6) is 0 Å². The largest absolute Gasteiger partial charge is 0.481 e. The Morgan fingerprint density at radius 1 is 1.00 bits per heavy atom. The van der Waals surface area contributed by atoms with Crippen molar-refractivity contribution in [2.24, 2.45) is 0 Å². The van der Waals surface area contributed by atoms with Crippen molar-refractivity contribution in [2.45, 2.75) is 12.0 Å². The number of ether oxygens (including phenoxy) is 1. The van der Waals surface area contributed by atoms with E-state index in [0.29, 0.717) is 16.7 Å². The third kappa shape index (κ3) is 1.95. The summed E-state index contributed by atoms with van der Waals surface area (Å²) in [6, 6.07) is 15.6. The van der Waals surface area contributed by atoms with Crippen LogP contribution < -0.4 is 0 Å². The van der Waals surface area contributed by atoms with E-state index in [-0.39, 0.29) is 0 Å². The molecule has 0 spiro atoms. The summed E-state index contributed by atoms with van der Waals surface area (Å²) >= 11 is 0. The second kappa shape index (κ2) is 4.81. The Morgan fingerprint density at radius 2 is 1.65 bits per heavy atom. The maximum absolute atomic E-state index is 12.0. The van der Waals surface area contributed by atoms with Crippen molar-refractivity contribution in [3.05, 3.63) is 71.3 Å². The van der Waals surface area contributed by atoms with E-state index in [2.05, 4.69) is 0 Å². The molecule has 0 bridgehead atoms. The molecule has 0 aromatic heterocycles. The molecule has 0 amide bonds. The van der Waals surface area contributed by atoms with E-state index in [9.17, 15) is 14.7 Å². The molecule has 20 heavy (non-hydrogen) atoms. The summed E-state index contributed by atoms with van der Waals surface area (Å²) in [6.45, 7) is 0. The van der Waals surface area contributed by atoms with E-state index < -0.39 is 24.0 Å². The van der Waals surface area contributed by atoms with Gasteiger partial charge >= 0.3 is 11.9 Å². The van der Waals surface area contributed by atoms with Crippen molar-refractivity contribution < 1.29 is 19.4 Å². The van der Waals surface area contributed by atoms with Crippen LogP contribution in [0.15, 0.2) is 54.6 Å². The number of benzene rings is 2. The number of hydrogen-bond acceptors (Lipinski definition) is 3. The van der Waals surface area contributed by atoms with E-state index in [1.54, 1.807) is 48.5 Å². The van der Waals surface area contributed by atoms with Gasteiger partial charge in [-0.15, -0.1) is 0 Å². The van der Waals surface area contributed by atoms with Gasteiger partial charge in [0.1, 0.15) is 12.0 Å². The Bertz CT molecular complexity index is 663. The van der Waals surface area contributed by atoms with Crippen LogP contribution in [0, 0.1) is 0 Å². The molecule has 0 fully saturated rings. The first-order chi connectivity index (χ1) is 9.68. The third-order valence-electron chi connectivity index (χ3n) is 3.45. The molecule has 1 aliphatic rings. The summed E-state index contributed by atoms with van der Waals surface area (Å²) in [5.74, 6) is -2.36. The Hall–Kier alpha value is -2.62. The lowest BCUT2D eigenvalue weighted by atomic mass is 9.84. The lowest BCUT2D eigenvalue weighted by Gasteiger charge is -2.30. The predicted octanol–water partition coefficient (Wildman–Crippen LogP) is 2.77. The van der Waals surface area contributed by atoms with Crippen molar-refractivity contribution in [1.29, 1.82) is 0 Å². The molecule has 2 atom stereocenters. The van der Waals surface area contributed by atoms with Crippen LogP contribution in [-0.2, 0) is 9.53 Å². The number of carboxylic acid groups (broad SMARTS) is 1. The maximum Gasteiger partial charge on any atom is 0.339 e. The minimum atomic E-state index is -1.00. The highest BCUT2D eigenvalue weighted by Gasteiger charge is 2.40. The van der Waals surface area contributed by atoms with Crippen molar-refractivity contribution >= 4 is 11.9 Å². The molecule has 4 heteroatoms. The number of hydrogen-bond donors (Lipinski definition) is 1. The zero-order valence-electron chi connectivity index (χ0n) is 10.5. The number of carbonyl (C=O) groups is 2. The van der Waals surface area contributed by atoms with Crippen LogP contribution >= 0.6 is 0 Å². The van der Waals surface area contributed by atoms with E-state index in [1.807, 2.05) is 6.07 Å². The highest BCUT2D eigenvalue weighted by molar-refractivity contribution is 5.96. The van der Waals surface area contributed by atoms with Gasteiger partial charge in [0.2, 0.25) is 0 Å². The molecule has 0 unspecified atom stereocenters. The van der Waals surface area contributed by atoms with E-state index in [0.717, 1.165) is 0 Å². The Morgan fingerprint density at radius 3 is 2.35 bits per heavy atom. The van der Waals surface area contributed by atoms with Gasteiger partial charge in [0.05, 0.1) is 5.56 Å². The highest BCUT2D eigenvalue weighted by atomic mass is 16.5. The monoisotopic (exact) mass is 268 g/mol. The van der Waals surface area contributed by atoms with Gasteiger partial charge in [0.25, 0.3) is 0 Å². The van der Waals surface area contributed by atoms with E-state index in [1.165, 1.54) is 0 Å². The molecule has 0 saturated carbocycles. The molecule has 1 N–H and O–H groups in total. The molecule has 4 nitrogen and oxygen atoms in total. The van der Waals surface area contributed by atoms with Crippen LogP contribution in [0.25, 0.3) is 0 Å². The minimum Gasteiger partial charge on any atom is -0.481 e. The van der Waals surface area contributed by atoms with Crippen LogP contribution in [0.3, 0.4) is 0 Å². The normalized spacial score (nSPS) is 20.9. The number of aliphatic carboxylic acids is 1. The van der Waals surface area contributed by atoms with Crippen molar-refractivity contribution in [3.63, 3.8) is 0 Å². The summed E-state index contributed by atoms with van der Waals surface area (Å²) in [4.78, 5) is 23.6. The number of rotatable bonds is 2. The smallest absolute Gasteiger partial charge is 0.339 e. The Kier molecular flexibility index (Phi) is 2.99. The molecule has 1 heterocycles. The van der Waals surface area contributed by atoms with Gasteiger partial charge in [-0.25, -0.2) is 4.79 Å². The molecule has 0 saturated heterocycles. The van der Waals surface area contributed by atoms with Gasteiger partial charge < -0.3 is 9.84 Å². The SMILES string of the molecule is O=C1O[C@H](c2ccccc2)[C@@H](C(=O)O)c2ccccc21. The molecule has 2 aromatic rings. The fourth-order valence-corrected chi connectivity index (χ4v) is 2.53. The number of carboxylic acids is 1. The molecule has 2 aromatic carbocycles. The van der Waals surface area contributed by atoms with Gasteiger partial charge in [-0.2, -0.15) is 0 Å². The summed E-state index contributed by atoms with van der Waals surface area (Å²) in [5, 5.41) is 9.51. The highest BCUT2D eigenvalue weighted by Crippen LogP contribution is 2.40. The van der Waals surface area contributed by atoms with E-state index in [4.69, 9.17) is 4.74 Å². The Labute approximate surface area is 115 Å². The zero-order valence-corrected chi connectivity index (χ0v) is 10.5. The number of cyclic esters (lactones) is 1. The molecular formula is C16H12O4. The fraction of sp³-hybridized carbons (Fsp3) is 0.125. The summed E-state index contributed by atoms with van der Waals surface area (Å²) < 4.78 is 5.35. The molecule has 0 aliphatic carbocycles. The number of esters is 1. The fourth-order valence-electron chi connectivity index (χ4n) is 2.53.